The van der Waals surface area contributed by atoms with E-state index in [-0.39, 0.29) is 0 Å². The Hall–Kier alpha value is -0.480. The number of terminal acetylenes is 1. The summed E-state index contributed by atoms with van der Waals surface area (Å²) in [5.41, 5.74) is 0. The zero-order chi connectivity index (χ0) is 7.40. The Bertz CT molecular complexity index is 128. The van der Waals surface area contributed by atoms with Crippen molar-refractivity contribution in [2.75, 3.05) is 13.1 Å². The summed E-state index contributed by atoms with van der Waals surface area (Å²) in [6.07, 6.45) is 7.92. The highest BCUT2D eigenvalue weighted by Gasteiger charge is 2.17. The van der Waals surface area contributed by atoms with E-state index in [2.05, 4.69) is 18.2 Å². The molecule has 0 aromatic carbocycles. The lowest BCUT2D eigenvalue weighted by molar-refractivity contribution is 0.325. The maximum absolute atomic E-state index is 5.33. The molecule has 1 heteroatoms. The first-order valence-corrected chi connectivity index (χ1v) is 4.01. The molecular formula is C9H15N. The van der Waals surface area contributed by atoms with Gasteiger partial charge in [0.15, 0.2) is 0 Å². The summed E-state index contributed by atoms with van der Waals surface area (Å²) in [7, 11) is 0. The van der Waals surface area contributed by atoms with Crippen LogP contribution in [0, 0.1) is 24.2 Å². The van der Waals surface area contributed by atoms with Gasteiger partial charge in [0.25, 0.3) is 0 Å². The quantitative estimate of drug-likeness (QED) is 0.536. The molecule has 2 unspecified atom stereocenters. The summed E-state index contributed by atoms with van der Waals surface area (Å²) in [5, 5.41) is 3.35. The van der Waals surface area contributed by atoms with Gasteiger partial charge in [-0.15, -0.1) is 12.3 Å². The monoisotopic (exact) mass is 137 g/mol. The van der Waals surface area contributed by atoms with Crippen LogP contribution in [-0.2, 0) is 0 Å². The van der Waals surface area contributed by atoms with Crippen molar-refractivity contribution in [2.24, 2.45) is 11.8 Å². The van der Waals surface area contributed by atoms with Crippen molar-refractivity contribution in [3.63, 3.8) is 0 Å². The minimum Gasteiger partial charge on any atom is -0.316 e. The highest BCUT2D eigenvalue weighted by atomic mass is 14.9. The first-order chi connectivity index (χ1) is 4.84. The predicted molar refractivity (Wildman–Crippen MR) is 43.6 cm³/mol. The molecule has 0 bridgehead atoms. The van der Waals surface area contributed by atoms with E-state index in [1.807, 2.05) is 0 Å². The minimum absolute atomic E-state index is 0.452. The third-order valence-corrected chi connectivity index (χ3v) is 2.30. The Morgan fingerprint density at radius 2 is 2.50 bits per heavy atom. The van der Waals surface area contributed by atoms with Crippen LogP contribution in [0.25, 0.3) is 0 Å². The Labute approximate surface area is 63.2 Å². The third kappa shape index (κ3) is 1.75. The van der Waals surface area contributed by atoms with Crippen LogP contribution in [0.15, 0.2) is 0 Å². The third-order valence-electron chi connectivity index (χ3n) is 2.30. The van der Waals surface area contributed by atoms with Crippen LogP contribution in [0.1, 0.15) is 19.8 Å². The van der Waals surface area contributed by atoms with Gasteiger partial charge in [-0.1, -0.05) is 6.92 Å². The first-order valence-electron chi connectivity index (χ1n) is 4.01. The van der Waals surface area contributed by atoms with E-state index < -0.39 is 0 Å². The van der Waals surface area contributed by atoms with Crippen molar-refractivity contribution >= 4 is 0 Å². The van der Waals surface area contributed by atoms with Crippen LogP contribution in [0.2, 0.25) is 0 Å². The van der Waals surface area contributed by atoms with E-state index in [0.717, 1.165) is 12.5 Å². The molecule has 0 aliphatic carbocycles. The number of rotatable bonds is 1. The molecule has 1 heterocycles. The normalized spacial score (nSPS) is 29.0. The lowest BCUT2D eigenvalue weighted by Gasteiger charge is -2.24. The van der Waals surface area contributed by atoms with Gasteiger partial charge in [-0.2, -0.15) is 0 Å². The van der Waals surface area contributed by atoms with Gasteiger partial charge in [0, 0.05) is 5.92 Å². The van der Waals surface area contributed by atoms with E-state index in [9.17, 15) is 0 Å². The fourth-order valence-corrected chi connectivity index (χ4v) is 1.44. The SMILES string of the molecule is C#CC(C)C1CCCNC1. The topological polar surface area (TPSA) is 12.0 Å². The standard InChI is InChI=1S/C9H15N/c1-3-8(2)9-5-4-6-10-7-9/h1,8-10H,4-7H2,2H3. The highest BCUT2D eigenvalue weighted by molar-refractivity contribution is 4.95. The van der Waals surface area contributed by atoms with Gasteiger partial charge in [-0.05, 0) is 31.8 Å². The van der Waals surface area contributed by atoms with Gasteiger partial charge in [0.2, 0.25) is 0 Å². The Kier molecular flexibility index (Phi) is 2.77. The molecule has 0 radical (unpaired) electrons. The van der Waals surface area contributed by atoms with Gasteiger partial charge in [0.05, 0.1) is 0 Å². The van der Waals surface area contributed by atoms with E-state index in [1.54, 1.807) is 0 Å². The molecular weight excluding hydrogens is 122 g/mol. The van der Waals surface area contributed by atoms with Gasteiger partial charge in [-0.3, -0.25) is 0 Å². The molecule has 0 saturated carbocycles. The summed E-state index contributed by atoms with van der Waals surface area (Å²) in [4.78, 5) is 0. The van der Waals surface area contributed by atoms with Crippen LogP contribution in [0.5, 0.6) is 0 Å². The second kappa shape index (κ2) is 3.63. The molecule has 0 amide bonds. The maximum Gasteiger partial charge on any atom is 0.0212 e. The molecule has 0 aromatic heterocycles. The molecule has 1 rings (SSSR count). The number of hydrogen-bond acceptors (Lipinski definition) is 1. The average molecular weight is 137 g/mol. The van der Waals surface area contributed by atoms with Crippen molar-refractivity contribution in [3.8, 4) is 12.3 Å². The van der Waals surface area contributed by atoms with Gasteiger partial charge in [-0.25, -0.2) is 0 Å². The average Bonchev–Trinajstić information content (AvgIpc) is 2.05. The summed E-state index contributed by atoms with van der Waals surface area (Å²) < 4.78 is 0. The van der Waals surface area contributed by atoms with Crippen molar-refractivity contribution < 1.29 is 0 Å². The molecule has 1 aliphatic heterocycles. The first kappa shape index (κ1) is 7.63. The van der Waals surface area contributed by atoms with Crippen molar-refractivity contribution in [1.82, 2.24) is 5.32 Å². The molecule has 1 fully saturated rings. The van der Waals surface area contributed by atoms with Crippen LogP contribution in [-0.4, -0.2) is 13.1 Å². The zero-order valence-corrected chi connectivity index (χ0v) is 6.56. The van der Waals surface area contributed by atoms with Crippen molar-refractivity contribution in [2.45, 2.75) is 19.8 Å². The Balaban J connectivity index is 2.33. The maximum atomic E-state index is 5.33. The van der Waals surface area contributed by atoms with E-state index in [1.165, 1.54) is 19.4 Å². The molecule has 1 saturated heterocycles. The second-order valence-electron chi connectivity index (χ2n) is 3.06. The summed E-state index contributed by atoms with van der Waals surface area (Å²) in [5.74, 6) is 3.97. The molecule has 1 nitrogen and oxygen atoms in total. The highest BCUT2D eigenvalue weighted by Crippen LogP contribution is 2.18. The fourth-order valence-electron chi connectivity index (χ4n) is 1.44. The zero-order valence-electron chi connectivity index (χ0n) is 6.56. The molecule has 0 aromatic rings. The lowest BCUT2D eigenvalue weighted by Crippen LogP contribution is -2.32. The van der Waals surface area contributed by atoms with Crippen molar-refractivity contribution in [1.29, 1.82) is 0 Å². The molecule has 2 atom stereocenters. The van der Waals surface area contributed by atoms with E-state index >= 15 is 0 Å². The summed E-state index contributed by atoms with van der Waals surface area (Å²) >= 11 is 0. The second-order valence-corrected chi connectivity index (χ2v) is 3.06. The summed E-state index contributed by atoms with van der Waals surface area (Å²) in [6, 6.07) is 0. The molecule has 1 aliphatic rings. The fraction of sp³-hybridized carbons (Fsp3) is 0.778. The van der Waals surface area contributed by atoms with Gasteiger partial charge < -0.3 is 5.32 Å². The Morgan fingerprint density at radius 3 is 3.00 bits per heavy atom. The van der Waals surface area contributed by atoms with Crippen LogP contribution >= 0.6 is 0 Å². The van der Waals surface area contributed by atoms with Gasteiger partial charge in [0.1, 0.15) is 0 Å². The van der Waals surface area contributed by atoms with Crippen LogP contribution in [0.3, 0.4) is 0 Å². The van der Waals surface area contributed by atoms with E-state index in [4.69, 9.17) is 6.42 Å². The number of nitrogens with one attached hydrogen (secondary N) is 1. The van der Waals surface area contributed by atoms with Crippen LogP contribution in [0.4, 0.5) is 0 Å². The number of hydrogen-bond donors (Lipinski definition) is 1. The predicted octanol–water partition coefficient (Wildman–Crippen LogP) is 1.26. The van der Waals surface area contributed by atoms with Crippen molar-refractivity contribution in [3.05, 3.63) is 0 Å². The largest absolute Gasteiger partial charge is 0.316 e. The smallest absolute Gasteiger partial charge is 0.0212 e. The summed E-state index contributed by atoms with van der Waals surface area (Å²) in [6.45, 7) is 4.43. The minimum atomic E-state index is 0.452. The molecule has 56 valence electrons. The molecule has 1 N–H and O–H groups in total. The number of piperidine rings is 1. The lowest BCUT2D eigenvalue weighted by atomic mass is 9.88. The molecule has 10 heavy (non-hydrogen) atoms. The van der Waals surface area contributed by atoms with Crippen LogP contribution < -0.4 is 5.32 Å². The van der Waals surface area contributed by atoms with E-state index in [0.29, 0.717) is 5.92 Å². The molecule has 0 spiro atoms. The van der Waals surface area contributed by atoms with Gasteiger partial charge >= 0.3 is 0 Å². The Morgan fingerprint density at radius 1 is 1.70 bits per heavy atom.